The van der Waals surface area contributed by atoms with Crippen LogP contribution < -0.4 is 5.73 Å². The first kappa shape index (κ1) is 7.94. The van der Waals surface area contributed by atoms with Gasteiger partial charge in [0.25, 0.3) is 0 Å². The number of Topliss-reactive ketones (excluding diaryl/α,β-unsaturated/α-hetero) is 1. The van der Waals surface area contributed by atoms with Gasteiger partial charge in [-0.05, 0) is 18.2 Å². The van der Waals surface area contributed by atoms with E-state index in [1.54, 1.807) is 16.8 Å². The van der Waals surface area contributed by atoms with Gasteiger partial charge in [0, 0.05) is 6.20 Å². The number of nitrogens with two attached hydrogens (primary N) is 1. The lowest BCUT2D eigenvalue weighted by Gasteiger charge is -1.88. The highest BCUT2D eigenvalue weighted by Crippen LogP contribution is 2.05. The second-order valence-corrected chi connectivity index (χ2v) is 2.73. The highest BCUT2D eigenvalue weighted by Gasteiger charge is 2.07. The van der Waals surface area contributed by atoms with E-state index in [9.17, 15) is 4.79 Å². The van der Waals surface area contributed by atoms with E-state index in [4.69, 9.17) is 5.73 Å². The van der Waals surface area contributed by atoms with Crippen molar-refractivity contribution < 1.29 is 4.79 Å². The van der Waals surface area contributed by atoms with E-state index >= 15 is 0 Å². The Balaban J connectivity index is 2.56. The van der Waals surface area contributed by atoms with Gasteiger partial charge in [-0.1, -0.05) is 6.07 Å². The first-order valence-electron chi connectivity index (χ1n) is 3.99. The van der Waals surface area contributed by atoms with Crippen LogP contribution in [-0.2, 0) is 0 Å². The van der Waals surface area contributed by atoms with Crippen LogP contribution in [0.3, 0.4) is 0 Å². The summed E-state index contributed by atoms with van der Waals surface area (Å²) in [6.45, 7) is 0.00385. The lowest BCUT2D eigenvalue weighted by Crippen LogP contribution is -2.13. The van der Waals surface area contributed by atoms with Crippen molar-refractivity contribution in [3.63, 3.8) is 0 Å². The largest absolute Gasteiger partial charge is 0.324 e. The number of rotatable bonds is 2. The Bertz CT molecular complexity index is 414. The number of carbonyl (C=O) groups excluding carboxylic acids is 1. The lowest BCUT2D eigenvalue weighted by molar-refractivity contribution is 0.0996. The molecule has 0 aliphatic heterocycles. The number of carbonyl (C=O) groups is 1. The molecule has 0 atom stereocenters. The average molecular weight is 175 g/mol. The molecule has 0 saturated heterocycles. The van der Waals surface area contributed by atoms with Crippen LogP contribution in [0.4, 0.5) is 0 Å². The van der Waals surface area contributed by atoms with Crippen LogP contribution in [0.1, 0.15) is 10.5 Å². The van der Waals surface area contributed by atoms with E-state index in [0.717, 1.165) is 5.52 Å². The number of nitrogens with zero attached hydrogens (tertiary/aromatic N) is 2. The van der Waals surface area contributed by atoms with Crippen LogP contribution in [0.5, 0.6) is 0 Å². The Labute approximate surface area is 75.0 Å². The zero-order chi connectivity index (χ0) is 9.26. The summed E-state index contributed by atoms with van der Waals surface area (Å²) in [7, 11) is 0. The smallest absolute Gasteiger partial charge is 0.196 e. The first-order chi connectivity index (χ1) is 6.31. The minimum Gasteiger partial charge on any atom is -0.324 e. The van der Waals surface area contributed by atoms with E-state index in [1.165, 1.54) is 0 Å². The van der Waals surface area contributed by atoms with Crippen molar-refractivity contribution in [3.05, 3.63) is 36.2 Å². The number of aromatic nitrogens is 2. The summed E-state index contributed by atoms with van der Waals surface area (Å²) in [5.41, 5.74) is 6.55. The Kier molecular flexibility index (Phi) is 1.83. The van der Waals surface area contributed by atoms with Crippen molar-refractivity contribution in [1.82, 2.24) is 9.61 Å². The first-order valence-corrected chi connectivity index (χ1v) is 3.99. The van der Waals surface area contributed by atoms with Crippen molar-refractivity contribution >= 4 is 11.3 Å². The molecule has 2 aromatic rings. The average Bonchev–Trinajstić information content (AvgIpc) is 2.59. The molecule has 0 amide bonds. The summed E-state index contributed by atoms with van der Waals surface area (Å²) < 4.78 is 1.66. The lowest BCUT2D eigenvalue weighted by atomic mass is 10.3. The van der Waals surface area contributed by atoms with E-state index in [2.05, 4.69) is 5.10 Å². The minimum absolute atomic E-state index is 0.00385. The molecule has 2 N–H and O–H groups in total. The highest BCUT2D eigenvalue weighted by molar-refractivity contribution is 5.96. The molecule has 2 rings (SSSR count). The molecule has 0 fully saturated rings. The third-order valence-electron chi connectivity index (χ3n) is 1.84. The summed E-state index contributed by atoms with van der Waals surface area (Å²) in [5, 5.41) is 4.07. The quantitative estimate of drug-likeness (QED) is 0.675. The van der Waals surface area contributed by atoms with E-state index in [0.29, 0.717) is 5.69 Å². The van der Waals surface area contributed by atoms with Crippen molar-refractivity contribution in [3.8, 4) is 0 Å². The van der Waals surface area contributed by atoms with Gasteiger partial charge in [-0.15, -0.1) is 0 Å². The van der Waals surface area contributed by atoms with Crippen LogP contribution >= 0.6 is 0 Å². The molecule has 4 nitrogen and oxygen atoms in total. The van der Waals surface area contributed by atoms with Gasteiger partial charge >= 0.3 is 0 Å². The predicted octanol–water partition coefficient (Wildman–Crippen LogP) is 0.476. The Hall–Kier alpha value is -1.68. The molecule has 66 valence electrons. The molecule has 0 aromatic carbocycles. The predicted molar refractivity (Wildman–Crippen MR) is 48.6 cm³/mol. The molecule has 0 bridgehead atoms. The number of pyridine rings is 1. The maximum atomic E-state index is 11.2. The van der Waals surface area contributed by atoms with Gasteiger partial charge in [0.15, 0.2) is 5.78 Å². The molecular formula is C9H9N3O. The van der Waals surface area contributed by atoms with E-state index < -0.39 is 0 Å². The van der Waals surface area contributed by atoms with Crippen molar-refractivity contribution in [2.75, 3.05) is 6.54 Å². The summed E-state index contributed by atoms with van der Waals surface area (Å²) in [5.74, 6) is -0.135. The molecule has 0 radical (unpaired) electrons. The summed E-state index contributed by atoms with van der Waals surface area (Å²) in [6, 6.07) is 7.37. The Morgan fingerprint density at radius 3 is 3.08 bits per heavy atom. The van der Waals surface area contributed by atoms with Gasteiger partial charge in [-0.2, -0.15) is 5.10 Å². The summed E-state index contributed by atoms with van der Waals surface area (Å²) >= 11 is 0. The fourth-order valence-corrected chi connectivity index (χ4v) is 1.18. The molecule has 0 aliphatic carbocycles. The van der Waals surface area contributed by atoms with Crippen molar-refractivity contribution in [2.24, 2.45) is 5.73 Å². The van der Waals surface area contributed by atoms with Gasteiger partial charge in [-0.3, -0.25) is 4.79 Å². The van der Waals surface area contributed by atoms with Crippen LogP contribution in [0.25, 0.3) is 5.52 Å². The molecule has 2 aromatic heterocycles. The van der Waals surface area contributed by atoms with Crippen LogP contribution in [0.15, 0.2) is 30.5 Å². The van der Waals surface area contributed by atoms with Crippen molar-refractivity contribution in [2.45, 2.75) is 0 Å². The van der Waals surface area contributed by atoms with Gasteiger partial charge in [0.1, 0.15) is 5.69 Å². The fourth-order valence-electron chi connectivity index (χ4n) is 1.18. The monoisotopic (exact) mass is 175 g/mol. The molecular weight excluding hydrogens is 166 g/mol. The Morgan fingerprint density at radius 1 is 1.54 bits per heavy atom. The zero-order valence-electron chi connectivity index (χ0n) is 6.97. The maximum absolute atomic E-state index is 11.2. The third kappa shape index (κ3) is 1.31. The molecule has 0 saturated carbocycles. The van der Waals surface area contributed by atoms with Crippen LogP contribution in [0, 0.1) is 0 Å². The molecule has 0 aliphatic rings. The second kappa shape index (κ2) is 2.99. The minimum atomic E-state index is -0.135. The molecule has 4 heteroatoms. The maximum Gasteiger partial charge on any atom is 0.196 e. The number of fused-ring (bicyclic) bond motifs is 1. The van der Waals surface area contributed by atoms with Gasteiger partial charge in [0.05, 0.1) is 12.1 Å². The SMILES string of the molecule is NCC(=O)c1cc2ccccn2n1. The summed E-state index contributed by atoms with van der Waals surface area (Å²) in [4.78, 5) is 11.2. The third-order valence-corrected chi connectivity index (χ3v) is 1.84. The van der Waals surface area contributed by atoms with Crippen LogP contribution in [-0.4, -0.2) is 21.9 Å². The molecule has 0 spiro atoms. The zero-order valence-corrected chi connectivity index (χ0v) is 6.97. The number of ketones is 1. The molecule has 0 unspecified atom stereocenters. The summed E-state index contributed by atoms with van der Waals surface area (Å²) in [6.07, 6.45) is 1.79. The number of hydrogen-bond donors (Lipinski definition) is 1. The molecule has 13 heavy (non-hydrogen) atoms. The van der Waals surface area contributed by atoms with Crippen molar-refractivity contribution in [1.29, 1.82) is 0 Å². The van der Waals surface area contributed by atoms with E-state index in [-0.39, 0.29) is 12.3 Å². The second-order valence-electron chi connectivity index (χ2n) is 2.73. The number of hydrogen-bond acceptors (Lipinski definition) is 3. The fraction of sp³-hybridized carbons (Fsp3) is 0.111. The standard InChI is InChI=1S/C9H9N3O/c10-6-9(13)8-5-7-3-1-2-4-12(7)11-8/h1-5H,6,10H2. The van der Waals surface area contributed by atoms with E-state index in [1.807, 2.05) is 18.2 Å². The van der Waals surface area contributed by atoms with Gasteiger partial charge in [-0.25, -0.2) is 4.52 Å². The highest BCUT2D eigenvalue weighted by atomic mass is 16.1. The van der Waals surface area contributed by atoms with Crippen LogP contribution in [0.2, 0.25) is 0 Å². The normalized spacial score (nSPS) is 10.5. The Morgan fingerprint density at radius 2 is 2.38 bits per heavy atom. The topological polar surface area (TPSA) is 60.4 Å². The van der Waals surface area contributed by atoms with Gasteiger partial charge < -0.3 is 5.73 Å². The van der Waals surface area contributed by atoms with Gasteiger partial charge in [0.2, 0.25) is 0 Å². The molecule has 2 heterocycles.